The average molecular weight is 375 g/mol. The first-order valence-electron chi connectivity index (χ1n) is 8.34. The molecule has 0 saturated heterocycles. The summed E-state index contributed by atoms with van der Waals surface area (Å²) in [5, 5.41) is 4.97. The van der Waals surface area contributed by atoms with E-state index in [1.165, 1.54) is 22.2 Å². The molecule has 0 radical (unpaired) electrons. The Morgan fingerprint density at radius 3 is 2.96 bits per heavy atom. The lowest BCUT2D eigenvalue weighted by atomic mass is 10.0. The Labute approximate surface area is 156 Å². The molecule has 4 nitrogen and oxygen atoms in total. The number of hydrogen-bond donors (Lipinski definition) is 1. The molecule has 0 bridgehead atoms. The van der Waals surface area contributed by atoms with Crippen molar-refractivity contribution >= 4 is 40.6 Å². The minimum Gasteiger partial charge on any atom is -0.335 e. The lowest BCUT2D eigenvalue weighted by molar-refractivity contribution is -0.130. The molecule has 2 aromatic rings. The number of carbonyl (C=O) groups excluding carboxylic acids is 2. The number of amides is 2. The van der Waals surface area contributed by atoms with Gasteiger partial charge in [0.2, 0.25) is 11.8 Å². The monoisotopic (exact) mass is 374 g/mol. The van der Waals surface area contributed by atoms with Gasteiger partial charge in [0.1, 0.15) is 0 Å². The Balaban J connectivity index is 1.46. The molecule has 132 valence electrons. The van der Waals surface area contributed by atoms with E-state index in [0.717, 1.165) is 24.2 Å². The number of anilines is 1. The van der Waals surface area contributed by atoms with Crippen LogP contribution >= 0.6 is 23.1 Å². The number of nitrogens with one attached hydrogen (secondary N) is 1. The number of fused-ring (bicyclic) bond motifs is 1. The van der Waals surface area contributed by atoms with Gasteiger partial charge >= 0.3 is 0 Å². The number of thiophene rings is 1. The zero-order valence-electron chi connectivity index (χ0n) is 14.5. The molecule has 0 fully saturated rings. The van der Waals surface area contributed by atoms with E-state index in [1.807, 2.05) is 36.1 Å². The molecule has 0 unspecified atom stereocenters. The van der Waals surface area contributed by atoms with E-state index in [2.05, 4.69) is 23.7 Å². The van der Waals surface area contributed by atoms with Crippen molar-refractivity contribution in [1.82, 2.24) is 4.90 Å². The van der Waals surface area contributed by atoms with E-state index in [4.69, 9.17) is 0 Å². The van der Waals surface area contributed by atoms with Gasteiger partial charge in [0.15, 0.2) is 0 Å². The van der Waals surface area contributed by atoms with E-state index in [1.54, 1.807) is 11.3 Å². The second kappa shape index (κ2) is 8.06. The topological polar surface area (TPSA) is 49.4 Å². The van der Waals surface area contributed by atoms with Crippen molar-refractivity contribution in [3.63, 3.8) is 0 Å². The molecule has 3 rings (SSSR count). The first-order valence-corrected chi connectivity index (χ1v) is 10.4. The smallest absolute Gasteiger partial charge is 0.234 e. The van der Waals surface area contributed by atoms with Crippen molar-refractivity contribution in [2.24, 2.45) is 0 Å². The molecule has 1 aromatic carbocycles. The van der Waals surface area contributed by atoms with E-state index in [0.29, 0.717) is 5.75 Å². The van der Waals surface area contributed by atoms with Gasteiger partial charge in [-0.2, -0.15) is 0 Å². The number of benzene rings is 1. The van der Waals surface area contributed by atoms with Gasteiger partial charge in [0.25, 0.3) is 0 Å². The van der Waals surface area contributed by atoms with Crippen molar-refractivity contribution in [1.29, 1.82) is 0 Å². The third-order valence-electron chi connectivity index (χ3n) is 4.36. The molecule has 1 aliphatic heterocycles. The third-order valence-corrected chi connectivity index (χ3v) is 6.27. The van der Waals surface area contributed by atoms with E-state index >= 15 is 0 Å². The Hall–Kier alpha value is -1.79. The molecule has 0 spiro atoms. The minimum atomic E-state index is -0.0739. The van der Waals surface area contributed by atoms with E-state index < -0.39 is 0 Å². The predicted octanol–water partition coefficient (Wildman–Crippen LogP) is 3.87. The second-order valence-corrected chi connectivity index (χ2v) is 8.21. The number of thioether (sulfide) groups is 1. The SMILES string of the molecule is Cc1cccc(NC(=O)CSCC(=O)N2CCc3sccc3[C@H]2C)c1. The second-order valence-electron chi connectivity index (χ2n) is 6.22. The van der Waals surface area contributed by atoms with Crippen LogP contribution in [0, 0.1) is 6.92 Å². The summed E-state index contributed by atoms with van der Waals surface area (Å²) in [6, 6.07) is 9.95. The molecule has 6 heteroatoms. The Kier molecular flexibility index (Phi) is 5.81. The minimum absolute atomic E-state index is 0.0739. The van der Waals surface area contributed by atoms with Crippen LogP contribution in [0.1, 0.15) is 29.0 Å². The number of aryl methyl sites for hydroxylation is 1. The third kappa shape index (κ3) is 4.44. The molecule has 0 aliphatic carbocycles. The molecule has 1 aliphatic rings. The fourth-order valence-electron chi connectivity index (χ4n) is 3.08. The quantitative estimate of drug-likeness (QED) is 0.864. The van der Waals surface area contributed by atoms with Crippen molar-refractivity contribution in [3.8, 4) is 0 Å². The first kappa shape index (κ1) is 18.0. The highest BCUT2D eigenvalue weighted by Crippen LogP contribution is 2.33. The predicted molar refractivity (Wildman–Crippen MR) is 105 cm³/mol. The van der Waals surface area contributed by atoms with Gasteiger partial charge in [-0.3, -0.25) is 9.59 Å². The molecule has 2 amide bonds. The van der Waals surface area contributed by atoms with Crippen molar-refractivity contribution < 1.29 is 9.59 Å². The van der Waals surface area contributed by atoms with Crippen LogP contribution in [0.3, 0.4) is 0 Å². The lowest BCUT2D eigenvalue weighted by Crippen LogP contribution is -2.39. The molecule has 1 aromatic heterocycles. The van der Waals surface area contributed by atoms with Gasteiger partial charge in [0.05, 0.1) is 17.5 Å². The van der Waals surface area contributed by atoms with Crippen LogP contribution in [-0.2, 0) is 16.0 Å². The largest absolute Gasteiger partial charge is 0.335 e. The van der Waals surface area contributed by atoms with E-state index in [-0.39, 0.29) is 23.6 Å². The molecule has 1 atom stereocenters. The van der Waals surface area contributed by atoms with Crippen LogP contribution in [-0.4, -0.2) is 34.8 Å². The summed E-state index contributed by atoms with van der Waals surface area (Å²) in [6.07, 6.45) is 0.932. The summed E-state index contributed by atoms with van der Waals surface area (Å²) >= 11 is 3.14. The maximum absolute atomic E-state index is 12.5. The van der Waals surface area contributed by atoms with Gasteiger partial charge in [-0.15, -0.1) is 23.1 Å². The highest BCUT2D eigenvalue weighted by molar-refractivity contribution is 8.00. The van der Waals surface area contributed by atoms with Crippen LogP contribution in [0.5, 0.6) is 0 Å². The summed E-state index contributed by atoms with van der Waals surface area (Å²) in [5.41, 5.74) is 3.17. The summed E-state index contributed by atoms with van der Waals surface area (Å²) < 4.78 is 0. The molecule has 2 heterocycles. The van der Waals surface area contributed by atoms with Crippen molar-refractivity contribution in [3.05, 3.63) is 51.7 Å². The van der Waals surface area contributed by atoms with Crippen LogP contribution in [0.4, 0.5) is 5.69 Å². The van der Waals surface area contributed by atoms with Crippen LogP contribution in [0.25, 0.3) is 0 Å². The Morgan fingerprint density at radius 1 is 1.32 bits per heavy atom. The summed E-state index contributed by atoms with van der Waals surface area (Å²) in [5.74, 6) is 0.657. The highest BCUT2D eigenvalue weighted by atomic mass is 32.2. The average Bonchev–Trinajstić information content (AvgIpc) is 3.04. The Bertz CT molecular complexity index is 772. The fraction of sp³-hybridized carbons (Fsp3) is 0.368. The maximum Gasteiger partial charge on any atom is 0.234 e. The number of nitrogens with zero attached hydrogens (tertiary/aromatic N) is 1. The molecular formula is C19H22N2O2S2. The van der Waals surface area contributed by atoms with Gasteiger partial charge in [-0.25, -0.2) is 0 Å². The Morgan fingerprint density at radius 2 is 2.16 bits per heavy atom. The molecule has 0 saturated carbocycles. The zero-order chi connectivity index (χ0) is 17.8. The number of rotatable bonds is 5. The van der Waals surface area contributed by atoms with Gasteiger partial charge in [0, 0.05) is 17.1 Å². The number of hydrogen-bond acceptors (Lipinski definition) is 4. The van der Waals surface area contributed by atoms with Crippen molar-refractivity contribution in [2.45, 2.75) is 26.3 Å². The van der Waals surface area contributed by atoms with Gasteiger partial charge in [-0.05, 0) is 55.0 Å². The zero-order valence-corrected chi connectivity index (χ0v) is 16.1. The fourth-order valence-corrected chi connectivity index (χ4v) is 4.75. The summed E-state index contributed by atoms with van der Waals surface area (Å²) in [6.45, 7) is 4.84. The summed E-state index contributed by atoms with van der Waals surface area (Å²) in [4.78, 5) is 27.8. The highest BCUT2D eigenvalue weighted by Gasteiger charge is 2.28. The standard InChI is InChI=1S/C19H22N2O2S2/c1-13-4-3-5-15(10-13)20-18(22)11-24-12-19(23)21-8-6-17-16(14(21)2)7-9-25-17/h3-5,7,9-10,14H,6,8,11-12H2,1-2H3,(H,20,22)/t14-/m1/s1. The van der Waals surface area contributed by atoms with Crippen LogP contribution < -0.4 is 5.32 Å². The molecule has 1 N–H and O–H groups in total. The van der Waals surface area contributed by atoms with Crippen LogP contribution in [0.15, 0.2) is 35.7 Å². The van der Waals surface area contributed by atoms with Gasteiger partial charge in [-0.1, -0.05) is 12.1 Å². The normalized spacial score (nSPS) is 16.4. The van der Waals surface area contributed by atoms with Crippen LogP contribution in [0.2, 0.25) is 0 Å². The first-order chi connectivity index (χ1) is 12.0. The number of carbonyl (C=O) groups is 2. The van der Waals surface area contributed by atoms with Crippen molar-refractivity contribution in [2.75, 3.05) is 23.4 Å². The molecule has 25 heavy (non-hydrogen) atoms. The maximum atomic E-state index is 12.5. The summed E-state index contributed by atoms with van der Waals surface area (Å²) in [7, 11) is 0. The van der Waals surface area contributed by atoms with E-state index in [9.17, 15) is 9.59 Å². The molecular weight excluding hydrogens is 352 g/mol. The van der Waals surface area contributed by atoms with Gasteiger partial charge < -0.3 is 10.2 Å². The lowest BCUT2D eigenvalue weighted by Gasteiger charge is -2.33.